The van der Waals surface area contributed by atoms with Gasteiger partial charge in [0.15, 0.2) is 0 Å². The molecule has 2 aromatic rings. The molecule has 0 saturated carbocycles. The first-order chi connectivity index (χ1) is 10.1. The Balaban J connectivity index is 2.01. The summed E-state index contributed by atoms with van der Waals surface area (Å²) in [7, 11) is 0. The zero-order chi connectivity index (χ0) is 15.2. The number of carbonyl (C=O) groups is 1. The molecule has 0 aliphatic heterocycles. The van der Waals surface area contributed by atoms with Gasteiger partial charge < -0.3 is 15.4 Å². The minimum Gasteiger partial charge on any atom is -0.396 e. The van der Waals surface area contributed by atoms with Crippen molar-refractivity contribution in [1.29, 1.82) is 0 Å². The first-order valence-corrected chi connectivity index (χ1v) is 7.69. The smallest absolute Gasteiger partial charge is 0.267 e. The molecule has 0 saturated heterocycles. The lowest BCUT2D eigenvalue weighted by Crippen LogP contribution is -2.30. The first kappa shape index (κ1) is 15.9. The highest BCUT2D eigenvalue weighted by Crippen LogP contribution is 2.20. The summed E-state index contributed by atoms with van der Waals surface area (Å²) >= 11 is 5.94. The van der Waals surface area contributed by atoms with Crippen molar-refractivity contribution >= 4 is 28.4 Å². The van der Waals surface area contributed by atoms with Gasteiger partial charge in [-0.1, -0.05) is 24.9 Å². The molecule has 1 atom stereocenters. The third kappa shape index (κ3) is 4.22. The second kappa shape index (κ2) is 7.48. The van der Waals surface area contributed by atoms with Crippen molar-refractivity contribution in [1.82, 2.24) is 10.3 Å². The van der Waals surface area contributed by atoms with Crippen molar-refractivity contribution in [3.05, 3.63) is 35.0 Å². The van der Waals surface area contributed by atoms with Crippen molar-refractivity contribution in [2.45, 2.75) is 26.2 Å². The van der Waals surface area contributed by atoms with E-state index in [4.69, 9.17) is 16.7 Å². The van der Waals surface area contributed by atoms with E-state index in [9.17, 15) is 4.79 Å². The molecule has 0 fully saturated rings. The zero-order valence-corrected chi connectivity index (χ0v) is 12.9. The Labute approximate surface area is 129 Å². The number of benzene rings is 1. The highest BCUT2D eigenvalue weighted by atomic mass is 35.5. The van der Waals surface area contributed by atoms with Gasteiger partial charge in [0.05, 0.1) is 0 Å². The Hall–Kier alpha value is -1.52. The predicted octanol–water partition coefficient (Wildman–Crippen LogP) is 3.35. The van der Waals surface area contributed by atoms with Crippen molar-refractivity contribution in [2.75, 3.05) is 13.2 Å². The zero-order valence-electron chi connectivity index (χ0n) is 12.2. The lowest BCUT2D eigenvalue weighted by atomic mass is 10.0. The van der Waals surface area contributed by atoms with Crippen LogP contribution < -0.4 is 5.32 Å². The third-order valence-corrected chi connectivity index (χ3v) is 3.85. The molecule has 0 aliphatic carbocycles. The number of aliphatic hydroxyl groups excluding tert-OH is 1. The van der Waals surface area contributed by atoms with Gasteiger partial charge in [-0.3, -0.25) is 4.79 Å². The number of nitrogens with one attached hydrogen (secondary N) is 2. The van der Waals surface area contributed by atoms with Gasteiger partial charge in [-0.2, -0.15) is 0 Å². The van der Waals surface area contributed by atoms with Crippen molar-refractivity contribution < 1.29 is 9.90 Å². The molecule has 0 radical (unpaired) electrons. The molecular weight excluding hydrogens is 288 g/mol. The number of aliphatic hydroxyl groups is 1. The highest BCUT2D eigenvalue weighted by Gasteiger charge is 2.12. The molecule has 1 unspecified atom stereocenters. The number of aromatic nitrogens is 1. The summed E-state index contributed by atoms with van der Waals surface area (Å²) < 4.78 is 0. The number of rotatable bonds is 7. The summed E-state index contributed by atoms with van der Waals surface area (Å²) in [5.74, 6) is 0.198. The molecule has 5 heteroatoms. The topological polar surface area (TPSA) is 65.1 Å². The average Bonchev–Trinajstić information content (AvgIpc) is 2.88. The van der Waals surface area contributed by atoms with E-state index in [0.29, 0.717) is 23.2 Å². The monoisotopic (exact) mass is 308 g/mol. The molecule has 3 N–H and O–H groups in total. The molecule has 1 aromatic heterocycles. The number of amides is 1. The first-order valence-electron chi connectivity index (χ1n) is 7.31. The predicted molar refractivity (Wildman–Crippen MR) is 85.7 cm³/mol. The minimum atomic E-state index is -0.124. The van der Waals surface area contributed by atoms with Crippen LogP contribution >= 0.6 is 11.6 Å². The van der Waals surface area contributed by atoms with E-state index in [0.717, 1.165) is 30.2 Å². The standard InChI is InChI=1S/C16H21ClN2O2/c1-2-3-11(6-7-20)10-18-16(21)15-9-12-8-13(17)4-5-14(12)19-15/h4-5,8-9,11,19-20H,2-3,6-7,10H2,1H3,(H,18,21). The molecule has 114 valence electrons. The molecule has 0 aliphatic rings. The van der Waals surface area contributed by atoms with Crippen LogP contribution in [0.3, 0.4) is 0 Å². The molecule has 1 aromatic carbocycles. The van der Waals surface area contributed by atoms with Crippen molar-refractivity contribution in [3.63, 3.8) is 0 Å². The van der Waals surface area contributed by atoms with Crippen LogP contribution in [0.25, 0.3) is 10.9 Å². The van der Waals surface area contributed by atoms with Crippen LogP contribution in [0.1, 0.15) is 36.7 Å². The number of hydrogen-bond donors (Lipinski definition) is 3. The van der Waals surface area contributed by atoms with Gasteiger partial charge in [0.2, 0.25) is 0 Å². The van der Waals surface area contributed by atoms with Crippen LogP contribution in [0.5, 0.6) is 0 Å². The fourth-order valence-corrected chi connectivity index (χ4v) is 2.68. The van der Waals surface area contributed by atoms with Gasteiger partial charge in [0.1, 0.15) is 5.69 Å². The summed E-state index contributed by atoms with van der Waals surface area (Å²) in [5, 5.41) is 13.5. The van der Waals surface area contributed by atoms with E-state index >= 15 is 0 Å². The van der Waals surface area contributed by atoms with Crippen LogP contribution in [-0.2, 0) is 0 Å². The molecule has 1 amide bonds. The normalized spacial score (nSPS) is 12.5. The Morgan fingerprint density at radius 3 is 2.90 bits per heavy atom. The van der Waals surface area contributed by atoms with Gasteiger partial charge >= 0.3 is 0 Å². The molecule has 2 rings (SSSR count). The molecular formula is C16H21ClN2O2. The van der Waals surface area contributed by atoms with Gasteiger partial charge in [-0.15, -0.1) is 0 Å². The number of aromatic amines is 1. The second-order valence-electron chi connectivity index (χ2n) is 5.29. The summed E-state index contributed by atoms with van der Waals surface area (Å²) in [6, 6.07) is 7.29. The highest BCUT2D eigenvalue weighted by molar-refractivity contribution is 6.31. The summed E-state index contributed by atoms with van der Waals surface area (Å²) in [4.78, 5) is 15.3. The molecule has 4 nitrogen and oxygen atoms in total. The van der Waals surface area contributed by atoms with Gasteiger partial charge in [0.25, 0.3) is 5.91 Å². The fraction of sp³-hybridized carbons (Fsp3) is 0.438. The van der Waals surface area contributed by atoms with E-state index in [1.54, 1.807) is 12.1 Å². The lowest BCUT2D eigenvalue weighted by molar-refractivity contribution is 0.0938. The molecule has 1 heterocycles. The largest absolute Gasteiger partial charge is 0.396 e. The Kier molecular flexibility index (Phi) is 5.65. The lowest BCUT2D eigenvalue weighted by Gasteiger charge is -2.15. The van der Waals surface area contributed by atoms with E-state index in [1.807, 2.05) is 12.1 Å². The fourth-order valence-electron chi connectivity index (χ4n) is 2.50. The Bertz CT molecular complexity index is 603. The summed E-state index contributed by atoms with van der Waals surface area (Å²) in [6.45, 7) is 2.85. The van der Waals surface area contributed by atoms with Crippen molar-refractivity contribution in [2.24, 2.45) is 5.92 Å². The SMILES string of the molecule is CCCC(CCO)CNC(=O)c1cc2cc(Cl)ccc2[nH]1. The number of carbonyl (C=O) groups excluding carboxylic acids is 1. The van der Waals surface area contributed by atoms with E-state index < -0.39 is 0 Å². The number of halogens is 1. The number of fused-ring (bicyclic) bond motifs is 1. The van der Waals surface area contributed by atoms with Crippen LogP contribution in [0.2, 0.25) is 5.02 Å². The maximum Gasteiger partial charge on any atom is 0.267 e. The molecule has 21 heavy (non-hydrogen) atoms. The van der Waals surface area contributed by atoms with E-state index in [2.05, 4.69) is 17.2 Å². The van der Waals surface area contributed by atoms with E-state index in [-0.39, 0.29) is 12.5 Å². The van der Waals surface area contributed by atoms with Gasteiger partial charge in [-0.25, -0.2) is 0 Å². The van der Waals surface area contributed by atoms with Gasteiger partial charge in [-0.05, 0) is 43.0 Å². The molecule has 0 spiro atoms. The quantitative estimate of drug-likeness (QED) is 0.734. The maximum atomic E-state index is 12.2. The van der Waals surface area contributed by atoms with Crippen molar-refractivity contribution in [3.8, 4) is 0 Å². The summed E-state index contributed by atoms with van der Waals surface area (Å²) in [6.07, 6.45) is 2.77. The van der Waals surface area contributed by atoms with Gasteiger partial charge in [0, 0.05) is 29.1 Å². The van der Waals surface area contributed by atoms with Crippen LogP contribution in [-0.4, -0.2) is 29.1 Å². The summed E-state index contributed by atoms with van der Waals surface area (Å²) in [5.41, 5.74) is 1.43. The average molecular weight is 309 g/mol. The van der Waals surface area contributed by atoms with Crippen LogP contribution in [0.15, 0.2) is 24.3 Å². The van der Waals surface area contributed by atoms with E-state index in [1.165, 1.54) is 0 Å². The maximum absolute atomic E-state index is 12.2. The second-order valence-corrected chi connectivity index (χ2v) is 5.73. The number of H-pyrrole nitrogens is 1. The van der Waals surface area contributed by atoms with Crippen LogP contribution in [0.4, 0.5) is 0 Å². The minimum absolute atomic E-state index is 0.124. The third-order valence-electron chi connectivity index (χ3n) is 3.61. The number of hydrogen-bond acceptors (Lipinski definition) is 2. The van der Waals surface area contributed by atoms with Crippen LogP contribution in [0, 0.1) is 5.92 Å². The Morgan fingerprint density at radius 1 is 1.38 bits per heavy atom. The molecule has 0 bridgehead atoms. The Morgan fingerprint density at radius 2 is 2.19 bits per heavy atom.